The second kappa shape index (κ2) is 3.99. The molecule has 0 saturated carbocycles. The van der Waals surface area contributed by atoms with Crippen LogP contribution in [0.15, 0.2) is 12.7 Å². The van der Waals surface area contributed by atoms with Gasteiger partial charge in [-0.3, -0.25) is 4.79 Å². The average molecular weight is 167 g/mol. The van der Waals surface area contributed by atoms with Gasteiger partial charge < -0.3 is 0 Å². The van der Waals surface area contributed by atoms with E-state index in [9.17, 15) is 4.79 Å². The molecule has 0 aliphatic heterocycles. The van der Waals surface area contributed by atoms with E-state index in [0.29, 0.717) is 0 Å². The molecule has 1 heterocycles. The molecular weight excluding hydrogens is 154 g/mol. The lowest BCUT2D eigenvalue weighted by Gasteiger charge is -2.08. The summed E-state index contributed by atoms with van der Waals surface area (Å²) in [6.45, 7) is 4.01. The van der Waals surface area contributed by atoms with Gasteiger partial charge in [-0.2, -0.15) is 9.78 Å². The van der Waals surface area contributed by atoms with Crippen LogP contribution in [-0.4, -0.2) is 20.7 Å². The Balaban J connectivity index is 2.70. The van der Waals surface area contributed by atoms with Crippen LogP contribution in [0.25, 0.3) is 0 Å². The molecule has 4 nitrogen and oxygen atoms in total. The number of carbonyl (C=O) groups is 1. The van der Waals surface area contributed by atoms with Gasteiger partial charge in [-0.15, -0.1) is 0 Å². The van der Waals surface area contributed by atoms with Crippen LogP contribution in [0.2, 0.25) is 0 Å². The maximum atomic E-state index is 11.5. The van der Waals surface area contributed by atoms with Crippen molar-refractivity contribution in [2.75, 3.05) is 0 Å². The molecule has 0 saturated heterocycles. The molecule has 0 radical (unpaired) electrons. The summed E-state index contributed by atoms with van der Waals surface area (Å²) in [5.74, 6) is 0.115. The van der Waals surface area contributed by atoms with Gasteiger partial charge in [-0.25, -0.2) is 4.98 Å². The van der Waals surface area contributed by atoms with Gasteiger partial charge in [-0.05, 0) is 12.8 Å². The molecule has 0 aliphatic carbocycles. The number of carbonyl (C=O) groups excluding carboxylic acids is 1. The Hall–Kier alpha value is -1.19. The molecule has 0 N–H and O–H groups in total. The van der Waals surface area contributed by atoms with Crippen molar-refractivity contribution in [3.8, 4) is 0 Å². The van der Waals surface area contributed by atoms with Crippen LogP contribution in [0.3, 0.4) is 0 Å². The highest BCUT2D eigenvalue weighted by Crippen LogP contribution is 2.09. The molecule has 0 fully saturated rings. The van der Waals surface area contributed by atoms with Gasteiger partial charge in [0.15, 0.2) is 0 Å². The van der Waals surface area contributed by atoms with Gasteiger partial charge in [0, 0.05) is 5.92 Å². The SMILES string of the molecule is CCC(CC)C(=O)n1cncn1. The van der Waals surface area contributed by atoms with Crippen LogP contribution in [0.1, 0.15) is 31.5 Å². The maximum Gasteiger partial charge on any atom is 0.251 e. The predicted octanol–water partition coefficient (Wildman–Crippen LogP) is 1.35. The van der Waals surface area contributed by atoms with Crippen LogP contribution in [0, 0.1) is 5.92 Å². The summed E-state index contributed by atoms with van der Waals surface area (Å²) in [5, 5.41) is 3.79. The molecule has 66 valence electrons. The molecule has 0 unspecified atom stereocenters. The minimum atomic E-state index is 0.0394. The summed E-state index contributed by atoms with van der Waals surface area (Å²) in [6, 6.07) is 0. The number of hydrogen-bond donors (Lipinski definition) is 0. The summed E-state index contributed by atoms with van der Waals surface area (Å²) < 4.78 is 1.30. The second-order valence-electron chi connectivity index (χ2n) is 2.69. The molecule has 12 heavy (non-hydrogen) atoms. The Kier molecular flexibility index (Phi) is 2.96. The van der Waals surface area contributed by atoms with Crippen LogP contribution >= 0.6 is 0 Å². The molecule has 0 aromatic carbocycles. The zero-order chi connectivity index (χ0) is 8.97. The van der Waals surface area contributed by atoms with Crippen LogP contribution in [0.4, 0.5) is 0 Å². The standard InChI is InChI=1S/C8H13N3O/c1-3-7(4-2)8(12)11-6-9-5-10-11/h5-7H,3-4H2,1-2H3. The molecule has 4 heteroatoms. The lowest BCUT2D eigenvalue weighted by Crippen LogP contribution is -2.21. The van der Waals surface area contributed by atoms with Crippen molar-refractivity contribution in [2.24, 2.45) is 5.92 Å². The van der Waals surface area contributed by atoms with E-state index in [1.165, 1.54) is 17.3 Å². The Morgan fingerprint density at radius 1 is 1.50 bits per heavy atom. The van der Waals surface area contributed by atoms with Gasteiger partial charge in [0.1, 0.15) is 12.7 Å². The van der Waals surface area contributed by atoms with E-state index in [1.54, 1.807) is 0 Å². The monoisotopic (exact) mass is 167 g/mol. The van der Waals surface area contributed by atoms with E-state index in [1.807, 2.05) is 13.8 Å². The minimum Gasteiger partial charge on any atom is -0.272 e. The summed E-state index contributed by atoms with van der Waals surface area (Å²) >= 11 is 0. The van der Waals surface area contributed by atoms with Crippen molar-refractivity contribution in [3.63, 3.8) is 0 Å². The van der Waals surface area contributed by atoms with Crippen LogP contribution < -0.4 is 0 Å². The first-order chi connectivity index (χ1) is 5.79. The quantitative estimate of drug-likeness (QED) is 0.682. The smallest absolute Gasteiger partial charge is 0.251 e. The fourth-order valence-electron chi connectivity index (χ4n) is 1.15. The molecule has 0 atom stereocenters. The Morgan fingerprint density at radius 3 is 2.58 bits per heavy atom. The van der Waals surface area contributed by atoms with Gasteiger partial charge in [0.05, 0.1) is 0 Å². The van der Waals surface area contributed by atoms with Crippen molar-refractivity contribution in [1.29, 1.82) is 0 Å². The predicted molar refractivity (Wildman–Crippen MR) is 44.7 cm³/mol. The highest BCUT2D eigenvalue weighted by atomic mass is 16.2. The first-order valence-electron chi connectivity index (χ1n) is 4.18. The highest BCUT2D eigenvalue weighted by Gasteiger charge is 2.15. The van der Waals surface area contributed by atoms with Crippen LogP contribution in [-0.2, 0) is 0 Å². The molecule has 1 aromatic rings. The Morgan fingerprint density at radius 2 is 2.17 bits per heavy atom. The lowest BCUT2D eigenvalue weighted by atomic mass is 10.0. The number of rotatable bonds is 3. The van der Waals surface area contributed by atoms with E-state index in [0.717, 1.165) is 12.8 Å². The molecule has 0 spiro atoms. The van der Waals surface area contributed by atoms with E-state index < -0.39 is 0 Å². The molecular formula is C8H13N3O. The van der Waals surface area contributed by atoms with Gasteiger partial charge >= 0.3 is 0 Å². The van der Waals surface area contributed by atoms with E-state index in [4.69, 9.17) is 0 Å². The topological polar surface area (TPSA) is 47.8 Å². The van der Waals surface area contributed by atoms with Crippen molar-refractivity contribution in [2.45, 2.75) is 26.7 Å². The number of nitrogens with zero attached hydrogens (tertiary/aromatic N) is 3. The first-order valence-corrected chi connectivity index (χ1v) is 4.18. The first kappa shape index (κ1) is 8.90. The molecule has 0 amide bonds. The average Bonchev–Trinajstić information content (AvgIpc) is 2.58. The zero-order valence-electron chi connectivity index (χ0n) is 7.40. The number of hydrogen-bond acceptors (Lipinski definition) is 3. The van der Waals surface area contributed by atoms with Crippen molar-refractivity contribution in [3.05, 3.63) is 12.7 Å². The molecule has 0 aliphatic rings. The number of aromatic nitrogens is 3. The second-order valence-corrected chi connectivity index (χ2v) is 2.69. The fourth-order valence-corrected chi connectivity index (χ4v) is 1.15. The lowest BCUT2D eigenvalue weighted by molar-refractivity contribution is 0.0809. The zero-order valence-corrected chi connectivity index (χ0v) is 7.40. The summed E-state index contributed by atoms with van der Waals surface area (Å²) in [4.78, 5) is 15.3. The third-order valence-electron chi connectivity index (χ3n) is 1.98. The van der Waals surface area contributed by atoms with Crippen LogP contribution in [0.5, 0.6) is 0 Å². The van der Waals surface area contributed by atoms with E-state index in [2.05, 4.69) is 10.1 Å². The molecule has 1 aromatic heterocycles. The Bertz CT molecular complexity index is 239. The van der Waals surface area contributed by atoms with E-state index in [-0.39, 0.29) is 11.8 Å². The summed E-state index contributed by atoms with van der Waals surface area (Å²) in [5.41, 5.74) is 0. The van der Waals surface area contributed by atoms with Crippen molar-refractivity contribution in [1.82, 2.24) is 14.8 Å². The van der Waals surface area contributed by atoms with Gasteiger partial charge in [0.2, 0.25) is 0 Å². The van der Waals surface area contributed by atoms with E-state index >= 15 is 0 Å². The normalized spacial score (nSPS) is 10.6. The third-order valence-corrected chi connectivity index (χ3v) is 1.98. The summed E-state index contributed by atoms with van der Waals surface area (Å²) in [7, 11) is 0. The summed E-state index contributed by atoms with van der Waals surface area (Å²) in [6.07, 6.45) is 4.53. The van der Waals surface area contributed by atoms with Crippen molar-refractivity contribution >= 4 is 5.91 Å². The largest absolute Gasteiger partial charge is 0.272 e. The van der Waals surface area contributed by atoms with Gasteiger partial charge in [0.25, 0.3) is 5.91 Å². The van der Waals surface area contributed by atoms with Crippen molar-refractivity contribution < 1.29 is 4.79 Å². The molecule has 0 bridgehead atoms. The molecule has 1 rings (SSSR count). The third kappa shape index (κ3) is 1.69. The maximum absolute atomic E-state index is 11.5. The Labute approximate surface area is 71.6 Å². The minimum absolute atomic E-state index is 0.0394. The van der Waals surface area contributed by atoms with Gasteiger partial charge in [-0.1, -0.05) is 13.8 Å². The fraction of sp³-hybridized carbons (Fsp3) is 0.625. The highest BCUT2D eigenvalue weighted by molar-refractivity contribution is 5.80.